The van der Waals surface area contributed by atoms with E-state index < -0.39 is 5.54 Å². The number of piperidine rings is 2. The van der Waals surface area contributed by atoms with Crippen LogP contribution >= 0.6 is 0 Å². The summed E-state index contributed by atoms with van der Waals surface area (Å²) in [5.74, 6) is 0.407. The molecule has 7 heteroatoms. The van der Waals surface area contributed by atoms with E-state index in [2.05, 4.69) is 14.9 Å². The number of amides is 2. The predicted molar refractivity (Wildman–Crippen MR) is 93.9 cm³/mol. The summed E-state index contributed by atoms with van der Waals surface area (Å²) >= 11 is 0. The summed E-state index contributed by atoms with van der Waals surface area (Å²) in [6, 6.07) is 0. The fraction of sp³-hybridized carbons (Fsp3) is 0.667. The van der Waals surface area contributed by atoms with E-state index in [4.69, 9.17) is 5.73 Å². The number of carbonyl (C=O) groups excluding carboxylic acids is 2. The molecule has 2 fully saturated rings. The molecule has 2 N–H and O–H groups in total. The number of hydrogen-bond acceptors (Lipinski definition) is 5. The molecular formula is C18H27N5O2. The Morgan fingerprint density at radius 3 is 2.20 bits per heavy atom. The lowest BCUT2D eigenvalue weighted by Crippen LogP contribution is -2.63. The van der Waals surface area contributed by atoms with Gasteiger partial charge in [0.2, 0.25) is 5.91 Å². The van der Waals surface area contributed by atoms with Crippen LogP contribution in [0.3, 0.4) is 0 Å². The molecule has 25 heavy (non-hydrogen) atoms. The zero-order valence-corrected chi connectivity index (χ0v) is 14.9. The summed E-state index contributed by atoms with van der Waals surface area (Å²) in [4.78, 5) is 37.4. The Balaban J connectivity index is 1.68. The molecule has 0 atom stereocenters. The molecule has 0 saturated carbocycles. The summed E-state index contributed by atoms with van der Waals surface area (Å²) in [5.41, 5.74) is 5.70. The van der Waals surface area contributed by atoms with Crippen molar-refractivity contribution in [2.45, 2.75) is 51.0 Å². The van der Waals surface area contributed by atoms with Crippen molar-refractivity contribution in [3.63, 3.8) is 0 Å². The Kier molecular flexibility index (Phi) is 5.32. The van der Waals surface area contributed by atoms with Crippen molar-refractivity contribution in [1.29, 1.82) is 0 Å². The number of rotatable bonds is 4. The number of hydrogen-bond donors (Lipinski definition) is 1. The first kappa shape index (κ1) is 17.8. The fourth-order valence-electron chi connectivity index (χ4n) is 3.95. The van der Waals surface area contributed by atoms with E-state index >= 15 is 0 Å². The van der Waals surface area contributed by atoms with Crippen LogP contribution < -0.4 is 5.73 Å². The number of aryl methyl sites for hydroxylation is 1. The second-order valence-corrected chi connectivity index (χ2v) is 6.98. The van der Waals surface area contributed by atoms with Crippen LogP contribution in [-0.2, 0) is 11.2 Å². The van der Waals surface area contributed by atoms with Gasteiger partial charge in [-0.05, 0) is 38.8 Å². The van der Waals surface area contributed by atoms with Crippen molar-refractivity contribution < 1.29 is 9.59 Å². The zero-order chi connectivity index (χ0) is 17.9. The first-order valence-corrected chi connectivity index (χ1v) is 9.22. The van der Waals surface area contributed by atoms with Gasteiger partial charge < -0.3 is 10.6 Å². The summed E-state index contributed by atoms with van der Waals surface area (Å²) in [6.45, 7) is 4.89. The molecule has 0 bridgehead atoms. The molecule has 2 aliphatic rings. The molecule has 0 aliphatic carbocycles. The van der Waals surface area contributed by atoms with Crippen molar-refractivity contribution in [3.05, 3.63) is 23.8 Å². The molecule has 0 radical (unpaired) electrons. The Bertz CT molecular complexity index is 617. The smallest absolute Gasteiger partial charge is 0.256 e. The monoisotopic (exact) mass is 345 g/mol. The van der Waals surface area contributed by atoms with Crippen LogP contribution in [-0.4, -0.2) is 63.3 Å². The van der Waals surface area contributed by atoms with Crippen LogP contribution in [0, 0.1) is 0 Å². The highest BCUT2D eigenvalue weighted by atomic mass is 16.2. The van der Waals surface area contributed by atoms with E-state index in [1.807, 2.05) is 6.92 Å². The van der Waals surface area contributed by atoms with E-state index in [-0.39, 0.29) is 11.8 Å². The topological polar surface area (TPSA) is 92.4 Å². The molecule has 3 heterocycles. The third kappa shape index (κ3) is 3.51. The van der Waals surface area contributed by atoms with Gasteiger partial charge >= 0.3 is 0 Å². The molecule has 1 aromatic heterocycles. The number of primary amides is 1. The van der Waals surface area contributed by atoms with Crippen molar-refractivity contribution >= 4 is 11.8 Å². The molecule has 3 rings (SSSR count). The molecule has 136 valence electrons. The largest absolute Gasteiger partial charge is 0.368 e. The Hall–Kier alpha value is -2.02. The SMILES string of the molecule is CCc1ncc(C(=O)N2CCC(C(N)=O)(N3CCCCC3)CC2)cn1. The Morgan fingerprint density at radius 2 is 1.68 bits per heavy atom. The van der Waals surface area contributed by atoms with Crippen LogP contribution in [0.2, 0.25) is 0 Å². The molecule has 0 aromatic carbocycles. The highest BCUT2D eigenvalue weighted by molar-refractivity contribution is 5.94. The summed E-state index contributed by atoms with van der Waals surface area (Å²) < 4.78 is 0. The summed E-state index contributed by atoms with van der Waals surface area (Å²) in [7, 11) is 0. The summed E-state index contributed by atoms with van der Waals surface area (Å²) in [5, 5.41) is 0. The molecule has 7 nitrogen and oxygen atoms in total. The maximum absolute atomic E-state index is 12.7. The predicted octanol–water partition coefficient (Wildman–Crippen LogP) is 0.985. The van der Waals surface area contributed by atoms with Crippen LogP contribution in [0.1, 0.15) is 55.2 Å². The summed E-state index contributed by atoms with van der Waals surface area (Å²) in [6.07, 6.45) is 8.56. The molecular weight excluding hydrogens is 318 g/mol. The third-order valence-electron chi connectivity index (χ3n) is 5.57. The number of carbonyl (C=O) groups is 2. The van der Waals surface area contributed by atoms with E-state index in [9.17, 15) is 9.59 Å². The maximum atomic E-state index is 12.7. The lowest BCUT2D eigenvalue weighted by atomic mass is 9.83. The zero-order valence-electron chi connectivity index (χ0n) is 14.9. The number of aromatic nitrogens is 2. The minimum atomic E-state index is -0.597. The van der Waals surface area contributed by atoms with Crippen molar-refractivity contribution in [3.8, 4) is 0 Å². The van der Waals surface area contributed by atoms with Crippen molar-refractivity contribution in [2.75, 3.05) is 26.2 Å². The second-order valence-electron chi connectivity index (χ2n) is 6.98. The number of nitrogens with two attached hydrogens (primary N) is 1. The first-order valence-electron chi connectivity index (χ1n) is 9.22. The first-order chi connectivity index (χ1) is 12.1. The minimum absolute atomic E-state index is 0.0700. The molecule has 2 saturated heterocycles. The van der Waals surface area contributed by atoms with Crippen molar-refractivity contribution in [1.82, 2.24) is 19.8 Å². The maximum Gasteiger partial charge on any atom is 0.256 e. The lowest BCUT2D eigenvalue weighted by molar-refractivity contribution is -0.134. The number of likely N-dealkylation sites (tertiary alicyclic amines) is 2. The van der Waals surface area contributed by atoms with Crippen LogP contribution in [0.25, 0.3) is 0 Å². The van der Waals surface area contributed by atoms with Crippen LogP contribution in [0.5, 0.6) is 0 Å². The van der Waals surface area contributed by atoms with Gasteiger partial charge in [0.25, 0.3) is 5.91 Å². The Labute approximate surface area is 148 Å². The van der Waals surface area contributed by atoms with Gasteiger partial charge in [0, 0.05) is 31.9 Å². The van der Waals surface area contributed by atoms with Gasteiger partial charge in [0.15, 0.2) is 0 Å². The standard InChI is InChI=1S/C18H27N5O2/c1-2-15-20-12-14(13-21-15)16(24)22-10-6-18(7-11-22,17(19)25)23-8-4-3-5-9-23/h12-13H,2-11H2,1H3,(H2,19,25). The van der Waals surface area contributed by atoms with Gasteiger partial charge in [0.05, 0.1) is 5.56 Å². The molecule has 1 aromatic rings. The highest BCUT2D eigenvalue weighted by Gasteiger charge is 2.45. The van der Waals surface area contributed by atoms with Gasteiger partial charge in [-0.1, -0.05) is 13.3 Å². The van der Waals surface area contributed by atoms with Gasteiger partial charge in [-0.15, -0.1) is 0 Å². The molecule has 2 aliphatic heterocycles. The quantitative estimate of drug-likeness (QED) is 0.878. The van der Waals surface area contributed by atoms with Crippen LogP contribution in [0.15, 0.2) is 12.4 Å². The highest BCUT2D eigenvalue weighted by Crippen LogP contribution is 2.32. The van der Waals surface area contributed by atoms with E-state index in [1.165, 1.54) is 6.42 Å². The van der Waals surface area contributed by atoms with Gasteiger partial charge in [-0.3, -0.25) is 14.5 Å². The van der Waals surface area contributed by atoms with Gasteiger partial charge in [-0.25, -0.2) is 9.97 Å². The van der Waals surface area contributed by atoms with E-state index in [0.717, 1.165) is 38.2 Å². The van der Waals surface area contributed by atoms with E-state index in [0.29, 0.717) is 31.5 Å². The normalized spacial score (nSPS) is 21.1. The van der Waals surface area contributed by atoms with Crippen molar-refractivity contribution in [2.24, 2.45) is 5.73 Å². The molecule has 2 amide bonds. The average molecular weight is 345 g/mol. The fourth-order valence-corrected chi connectivity index (χ4v) is 3.95. The number of nitrogens with zero attached hydrogens (tertiary/aromatic N) is 4. The Morgan fingerprint density at radius 1 is 1.08 bits per heavy atom. The van der Waals surface area contributed by atoms with Gasteiger partial charge in [0.1, 0.15) is 11.4 Å². The molecule has 0 unspecified atom stereocenters. The third-order valence-corrected chi connectivity index (χ3v) is 5.57. The van der Waals surface area contributed by atoms with E-state index in [1.54, 1.807) is 17.3 Å². The lowest BCUT2D eigenvalue weighted by Gasteiger charge is -2.48. The molecule has 0 spiro atoms. The van der Waals surface area contributed by atoms with Gasteiger partial charge in [-0.2, -0.15) is 0 Å². The average Bonchev–Trinajstić information content (AvgIpc) is 2.68. The minimum Gasteiger partial charge on any atom is -0.368 e. The second kappa shape index (κ2) is 7.47. The van der Waals surface area contributed by atoms with Crippen LogP contribution in [0.4, 0.5) is 0 Å².